The van der Waals surface area contributed by atoms with Crippen molar-refractivity contribution in [2.24, 2.45) is 4.99 Å². The summed E-state index contributed by atoms with van der Waals surface area (Å²) in [7, 11) is -3.34. The lowest BCUT2D eigenvalue weighted by atomic mass is 10.1. The average Bonchev–Trinajstić information content (AvgIpc) is 2.67. The minimum Gasteiger partial charge on any atom is -0.357 e. The lowest BCUT2D eigenvalue weighted by molar-refractivity contribution is 0.569. The molecule has 164 valence electrons. The minimum atomic E-state index is -3.34. The van der Waals surface area contributed by atoms with E-state index in [1.807, 2.05) is 37.3 Å². The lowest BCUT2D eigenvalue weighted by Gasteiger charge is -2.12. The fourth-order valence-corrected chi connectivity index (χ4v) is 4.32. The third kappa shape index (κ3) is 8.51. The number of sulfonamides is 1. The molecule has 0 amide bonds. The van der Waals surface area contributed by atoms with Gasteiger partial charge >= 0.3 is 0 Å². The van der Waals surface area contributed by atoms with E-state index in [0.29, 0.717) is 37.6 Å². The molecule has 2 rings (SSSR count). The third-order valence-electron chi connectivity index (χ3n) is 4.20. The molecule has 0 radical (unpaired) electrons. The van der Waals surface area contributed by atoms with Gasteiger partial charge in [-0.2, -0.15) is 0 Å². The fourth-order valence-electron chi connectivity index (χ4n) is 2.89. The largest absolute Gasteiger partial charge is 0.357 e. The highest BCUT2D eigenvalue weighted by molar-refractivity contribution is 7.88. The highest BCUT2D eigenvalue weighted by atomic mass is 32.2. The summed E-state index contributed by atoms with van der Waals surface area (Å²) < 4.78 is 40.4. The molecule has 0 heterocycles. The maximum absolute atomic E-state index is 13.7. The Hall–Kier alpha value is -2.45. The number of hydrogen-bond acceptors (Lipinski definition) is 3. The number of nitrogens with zero attached hydrogens (tertiary/aromatic N) is 1. The smallest absolute Gasteiger partial charge is 0.216 e. The van der Waals surface area contributed by atoms with E-state index in [0.717, 1.165) is 11.1 Å². The molecule has 0 atom stereocenters. The normalized spacial score (nSPS) is 12.2. The van der Waals surface area contributed by atoms with Crippen LogP contribution in [-0.4, -0.2) is 33.5 Å². The molecule has 8 heteroatoms. The van der Waals surface area contributed by atoms with Crippen molar-refractivity contribution in [3.63, 3.8) is 0 Å². The van der Waals surface area contributed by atoms with Crippen LogP contribution in [0, 0.1) is 5.82 Å². The first-order valence-electron chi connectivity index (χ1n) is 10.1. The molecule has 0 aliphatic carbocycles. The van der Waals surface area contributed by atoms with E-state index in [-0.39, 0.29) is 17.6 Å². The van der Waals surface area contributed by atoms with E-state index in [4.69, 9.17) is 0 Å². The Morgan fingerprint density at radius 1 is 1.03 bits per heavy atom. The van der Waals surface area contributed by atoms with Gasteiger partial charge in [0.05, 0.1) is 12.3 Å². The Morgan fingerprint density at radius 2 is 1.70 bits per heavy atom. The van der Waals surface area contributed by atoms with Crippen molar-refractivity contribution in [2.45, 2.75) is 45.5 Å². The molecule has 30 heavy (non-hydrogen) atoms. The highest BCUT2D eigenvalue weighted by Gasteiger charge is 2.12. The Kier molecular flexibility index (Phi) is 9.26. The van der Waals surface area contributed by atoms with Crippen LogP contribution < -0.4 is 15.4 Å². The minimum absolute atomic E-state index is 0.0467. The van der Waals surface area contributed by atoms with Gasteiger partial charge in [-0.25, -0.2) is 22.5 Å². The maximum atomic E-state index is 13.7. The van der Waals surface area contributed by atoms with Crippen molar-refractivity contribution in [1.29, 1.82) is 0 Å². The van der Waals surface area contributed by atoms with Crippen LogP contribution in [0.3, 0.4) is 0 Å². The molecular formula is C22H31FN4O2S. The van der Waals surface area contributed by atoms with Gasteiger partial charge < -0.3 is 10.6 Å². The quantitative estimate of drug-likeness (QED) is 0.397. The van der Waals surface area contributed by atoms with E-state index in [9.17, 15) is 12.8 Å². The summed E-state index contributed by atoms with van der Waals surface area (Å²) in [5, 5.41) is 6.38. The molecule has 0 aliphatic heterocycles. The lowest BCUT2D eigenvalue weighted by Crippen LogP contribution is -2.38. The van der Waals surface area contributed by atoms with Crippen molar-refractivity contribution in [3.8, 4) is 0 Å². The topological polar surface area (TPSA) is 82.6 Å². The van der Waals surface area contributed by atoms with Crippen LogP contribution in [0.25, 0.3) is 0 Å². The first kappa shape index (κ1) is 23.8. The van der Waals surface area contributed by atoms with E-state index in [1.165, 1.54) is 6.07 Å². The predicted octanol–water partition coefficient (Wildman–Crippen LogP) is 2.95. The fraction of sp³-hybridized carbons (Fsp3) is 0.409. The second kappa shape index (κ2) is 11.7. The molecule has 0 saturated heterocycles. The maximum Gasteiger partial charge on any atom is 0.216 e. The number of aliphatic imine (C=N–C) groups is 1. The molecule has 0 saturated carbocycles. The molecule has 6 nitrogen and oxygen atoms in total. The first-order valence-corrected chi connectivity index (χ1v) is 11.8. The number of halogens is 1. The van der Waals surface area contributed by atoms with Gasteiger partial charge in [0.25, 0.3) is 0 Å². The van der Waals surface area contributed by atoms with Gasteiger partial charge in [0.1, 0.15) is 5.82 Å². The number of hydrogen-bond donors (Lipinski definition) is 3. The predicted molar refractivity (Wildman–Crippen MR) is 120 cm³/mol. The molecule has 0 fully saturated rings. The highest BCUT2D eigenvalue weighted by Crippen LogP contribution is 2.10. The summed E-state index contributed by atoms with van der Waals surface area (Å²) in [4.78, 5) is 4.55. The SMILES string of the molecule is CCNC(=NCc1ccc(CS(=O)(=O)NC(C)C)cc1)NCCc1ccccc1F. The summed E-state index contributed by atoms with van der Waals surface area (Å²) in [6, 6.07) is 14.0. The number of guanidine groups is 1. The third-order valence-corrected chi connectivity index (χ3v) is 5.75. The summed E-state index contributed by atoms with van der Waals surface area (Å²) in [6.07, 6.45) is 0.560. The zero-order valence-electron chi connectivity index (χ0n) is 17.8. The van der Waals surface area contributed by atoms with Crippen LogP contribution in [0.15, 0.2) is 53.5 Å². The zero-order valence-corrected chi connectivity index (χ0v) is 18.6. The van der Waals surface area contributed by atoms with Crippen molar-refractivity contribution < 1.29 is 12.8 Å². The monoisotopic (exact) mass is 434 g/mol. The Bertz CT molecular complexity index is 928. The molecule has 0 aromatic heterocycles. The van der Waals surface area contributed by atoms with Crippen molar-refractivity contribution in [3.05, 3.63) is 71.0 Å². The second-order valence-electron chi connectivity index (χ2n) is 7.31. The molecule has 0 bridgehead atoms. The Labute approximate surface area is 179 Å². The summed E-state index contributed by atoms with van der Waals surface area (Å²) in [6.45, 7) is 7.30. The molecule has 0 unspecified atom stereocenters. The van der Waals surface area contributed by atoms with Crippen molar-refractivity contribution >= 4 is 16.0 Å². The molecule has 2 aromatic rings. The summed E-state index contributed by atoms with van der Waals surface area (Å²) in [5.41, 5.74) is 2.36. The van der Waals surface area contributed by atoms with Crippen LogP contribution in [0.4, 0.5) is 4.39 Å². The van der Waals surface area contributed by atoms with E-state index in [2.05, 4.69) is 20.3 Å². The van der Waals surface area contributed by atoms with Crippen LogP contribution in [0.5, 0.6) is 0 Å². The Balaban J connectivity index is 1.91. The van der Waals surface area contributed by atoms with Crippen LogP contribution in [0.1, 0.15) is 37.5 Å². The van der Waals surface area contributed by atoms with Crippen molar-refractivity contribution in [1.82, 2.24) is 15.4 Å². The second-order valence-corrected chi connectivity index (χ2v) is 9.07. The molecule has 0 aliphatic rings. The Morgan fingerprint density at radius 3 is 2.33 bits per heavy atom. The van der Waals surface area contributed by atoms with Gasteiger partial charge in [0, 0.05) is 19.1 Å². The number of rotatable bonds is 10. The average molecular weight is 435 g/mol. The van der Waals surface area contributed by atoms with E-state index in [1.54, 1.807) is 26.0 Å². The standard InChI is InChI=1S/C22H31FN4O2S/c1-4-24-22(25-14-13-20-7-5-6-8-21(20)23)26-15-18-9-11-19(12-10-18)16-30(28,29)27-17(2)3/h5-12,17,27H,4,13-16H2,1-3H3,(H2,24,25,26). The number of nitrogens with one attached hydrogen (secondary N) is 3. The summed E-state index contributed by atoms with van der Waals surface area (Å²) >= 11 is 0. The van der Waals surface area contributed by atoms with Gasteiger partial charge in [-0.3, -0.25) is 0 Å². The molecular weight excluding hydrogens is 403 g/mol. The van der Waals surface area contributed by atoms with Crippen LogP contribution >= 0.6 is 0 Å². The van der Waals surface area contributed by atoms with Gasteiger partial charge in [0.2, 0.25) is 10.0 Å². The first-order chi connectivity index (χ1) is 14.3. The van der Waals surface area contributed by atoms with Gasteiger partial charge in [0.15, 0.2) is 5.96 Å². The molecule has 0 spiro atoms. The van der Waals surface area contributed by atoms with Crippen LogP contribution in [-0.2, 0) is 28.7 Å². The zero-order chi connectivity index (χ0) is 22.0. The number of benzene rings is 2. The molecule has 2 aromatic carbocycles. The summed E-state index contributed by atoms with van der Waals surface area (Å²) in [5.74, 6) is 0.406. The van der Waals surface area contributed by atoms with E-state index >= 15 is 0 Å². The van der Waals surface area contributed by atoms with Gasteiger partial charge in [-0.1, -0.05) is 42.5 Å². The van der Waals surface area contributed by atoms with Crippen LogP contribution in [0.2, 0.25) is 0 Å². The van der Waals surface area contributed by atoms with Gasteiger partial charge in [-0.15, -0.1) is 0 Å². The van der Waals surface area contributed by atoms with E-state index < -0.39 is 10.0 Å². The molecule has 3 N–H and O–H groups in total. The van der Waals surface area contributed by atoms with Crippen molar-refractivity contribution in [2.75, 3.05) is 13.1 Å². The van der Waals surface area contributed by atoms with Gasteiger partial charge in [-0.05, 0) is 49.9 Å².